The molecule has 2 rings (SSSR count). The van der Waals surface area contributed by atoms with Gasteiger partial charge in [0, 0.05) is 24.5 Å². The molecule has 2 N–H and O–H groups in total. The molecule has 0 aliphatic carbocycles. The third-order valence-electron chi connectivity index (χ3n) is 3.86. The Bertz CT molecular complexity index is 887. The van der Waals surface area contributed by atoms with Gasteiger partial charge in [-0.2, -0.15) is 12.7 Å². The van der Waals surface area contributed by atoms with Gasteiger partial charge in [-0.3, -0.25) is 4.79 Å². The summed E-state index contributed by atoms with van der Waals surface area (Å²) in [7, 11) is -4.07. The van der Waals surface area contributed by atoms with Crippen LogP contribution in [0.4, 0.5) is 0 Å². The second kappa shape index (κ2) is 10.6. The van der Waals surface area contributed by atoms with Crippen molar-refractivity contribution >= 4 is 32.2 Å². The molecule has 28 heavy (non-hydrogen) atoms. The van der Waals surface area contributed by atoms with Crippen molar-refractivity contribution in [3.05, 3.63) is 64.1 Å². The average Bonchev–Trinajstić information content (AvgIpc) is 2.64. The fraction of sp³-hybridized carbons (Fsp3) is 0.316. The molecule has 0 atom stereocenters. The Morgan fingerprint density at radius 1 is 1.11 bits per heavy atom. The Morgan fingerprint density at radius 2 is 1.82 bits per heavy atom. The topological polar surface area (TPSA) is 98.9 Å². The van der Waals surface area contributed by atoms with E-state index in [1.54, 1.807) is 24.3 Å². The summed E-state index contributed by atoms with van der Waals surface area (Å²) in [6, 6.07) is 14.1. The van der Waals surface area contributed by atoms with E-state index in [4.69, 9.17) is 14.7 Å². The number of esters is 1. The highest BCUT2D eigenvalue weighted by atomic mass is 79.9. The van der Waals surface area contributed by atoms with Crippen LogP contribution in [0.25, 0.3) is 0 Å². The van der Waals surface area contributed by atoms with E-state index in [0.717, 1.165) is 19.9 Å². The third-order valence-corrected chi connectivity index (χ3v) is 5.76. The molecule has 0 saturated carbocycles. The van der Waals surface area contributed by atoms with Crippen molar-refractivity contribution in [2.45, 2.75) is 19.9 Å². The summed E-state index contributed by atoms with van der Waals surface area (Å²) in [5, 5.41) is 0. The zero-order valence-corrected chi connectivity index (χ0v) is 17.9. The van der Waals surface area contributed by atoms with Gasteiger partial charge in [-0.15, -0.1) is 0 Å². The monoisotopic (exact) mass is 470 g/mol. The zero-order valence-electron chi connectivity index (χ0n) is 15.5. The van der Waals surface area contributed by atoms with Gasteiger partial charge in [-0.25, -0.2) is 0 Å². The summed E-state index contributed by atoms with van der Waals surface area (Å²) in [4.78, 5) is 11.0. The Labute approximate surface area is 173 Å². The molecule has 0 saturated heterocycles. The van der Waals surface area contributed by atoms with Crippen LogP contribution in [0, 0.1) is 0 Å². The largest absolute Gasteiger partial charge is 0.464 e. The Kier molecular flexibility index (Phi) is 8.43. The second-order valence-electron chi connectivity index (χ2n) is 6.01. The van der Waals surface area contributed by atoms with E-state index >= 15 is 0 Å². The fourth-order valence-corrected chi connectivity index (χ4v) is 3.95. The molecule has 0 fully saturated rings. The number of hydrogen-bond donors (Lipinski definition) is 1. The first-order valence-corrected chi connectivity index (χ1v) is 10.8. The molecule has 0 heterocycles. The highest BCUT2D eigenvalue weighted by Crippen LogP contribution is 2.18. The predicted molar refractivity (Wildman–Crippen MR) is 110 cm³/mol. The van der Waals surface area contributed by atoms with Gasteiger partial charge in [0.2, 0.25) is 0 Å². The summed E-state index contributed by atoms with van der Waals surface area (Å²) in [5.41, 5.74) is 7.38. The zero-order chi connectivity index (χ0) is 20.6. The highest BCUT2D eigenvalue weighted by molar-refractivity contribution is 9.10. The van der Waals surface area contributed by atoms with E-state index in [1.807, 2.05) is 24.3 Å². The van der Waals surface area contributed by atoms with Gasteiger partial charge in [0.05, 0.1) is 6.54 Å². The van der Waals surface area contributed by atoms with Gasteiger partial charge in [-0.05, 0) is 41.8 Å². The van der Waals surface area contributed by atoms with Crippen LogP contribution in [0.15, 0.2) is 53.0 Å². The average molecular weight is 471 g/mol. The van der Waals surface area contributed by atoms with Gasteiger partial charge >= 0.3 is 16.3 Å². The van der Waals surface area contributed by atoms with Crippen molar-refractivity contribution in [1.82, 2.24) is 4.31 Å². The third kappa shape index (κ3) is 7.23. The maximum Gasteiger partial charge on any atom is 0.385 e. The van der Waals surface area contributed by atoms with Crippen LogP contribution in [0.5, 0.6) is 5.75 Å². The molecule has 0 aromatic heterocycles. The van der Waals surface area contributed by atoms with E-state index in [0.29, 0.717) is 13.0 Å². The SMILES string of the molecule is CC(=O)OCCN(CCc1cccc(Br)c1)S(=O)(=O)Oc1ccc(CN)cc1. The number of nitrogens with two attached hydrogens (primary N) is 1. The summed E-state index contributed by atoms with van der Waals surface area (Å²) < 4.78 is 37.7. The number of benzene rings is 2. The van der Waals surface area contributed by atoms with Gasteiger partial charge < -0.3 is 14.7 Å². The van der Waals surface area contributed by atoms with Crippen LogP contribution in [0.2, 0.25) is 0 Å². The maximum atomic E-state index is 12.7. The lowest BCUT2D eigenvalue weighted by molar-refractivity contribution is -0.141. The number of halogens is 1. The molecule has 9 heteroatoms. The van der Waals surface area contributed by atoms with Crippen LogP contribution >= 0.6 is 15.9 Å². The molecule has 0 amide bonds. The molecule has 0 unspecified atom stereocenters. The fourth-order valence-electron chi connectivity index (χ4n) is 2.43. The molecule has 152 valence electrons. The highest BCUT2D eigenvalue weighted by Gasteiger charge is 2.24. The van der Waals surface area contributed by atoms with Gasteiger partial charge in [0.1, 0.15) is 12.4 Å². The Morgan fingerprint density at radius 3 is 2.43 bits per heavy atom. The van der Waals surface area contributed by atoms with Crippen LogP contribution in [-0.4, -0.2) is 38.4 Å². The van der Waals surface area contributed by atoms with Crippen LogP contribution < -0.4 is 9.92 Å². The lowest BCUT2D eigenvalue weighted by Crippen LogP contribution is -2.38. The van der Waals surface area contributed by atoms with Gasteiger partial charge in [0.15, 0.2) is 0 Å². The van der Waals surface area contributed by atoms with E-state index in [-0.39, 0.29) is 25.4 Å². The number of nitrogens with zero attached hydrogens (tertiary/aromatic N) is 1. The minimum atomic E-state index is -4.07. The smallest absolute Gasteiger partial charge is 0.385 e. The molecule has 2 aromatic rings. The number of ether oxygens (including phenoxy) is 1. The lowest BCUT2D eigenvalue weighted by atomic mass is 10.1. The second-order valence-corrected chi connectivity index (χ2v) is 8.46. The number of carbonyl (C=O) groups is 1. The number of rotatable bonds is 10. The molecule has 0 radical (unpaired) electrons. The van der Waals surface area contributed by atoms with Crippen molar-refractivity contribution in [2.24, 2.45) is 5.73 Å². The summed E-state index contributed by atoms with van der Waals surface area (Å²) in [6.45, 7) is 1.75. The quantitative estimate of drug-likeness (QED) is 0.535. The molecule has 7 nitrogen and oxygen atoms in total. The van der Waals surface area contributed by atoms with Gasteiger partial charge in [-0.1, -0.05) is 40.2 Å². The van der Waals surface area contributed by atoms with Crippen molar-refractivity contribution in [3.8, 4) is 5.75 Å². The van der Waals surface area contributed by atoms with Crippen molar-refractivity contribution < 1.29 is 22.1 Å². The van der Waals surface area contributed by atoms with E-state index in [1.165, 1.54) is 6.92 Å². The molecule has 0 spiro atoms. The van der Waals surface area contributed by atoms with E-state index in [2.05, 4.69) is 15.9 Å². The first-order chi connectivity index (χ1) is 13.3. The minimum Gasteiger partial charge on any atom is -0.464 e. The number of carbonyl (C=O) groups excluding carboxylic acids is 1. The summed E-state index contributed by atoms with van der Waals surface area (Å²) in [5.74, 6) is -0.278. The van der Waals surface area contributed by atoms with Crippen molar-refractivity contribution in [2.75, 3.05) is 19.7 Å². The predicted octanol–water partition coefficient (Wildman–Crippen LogP) is 2.64. The lowest BCUT2D eigenvalue weighted by Gasteiger charge is -2.21. The standard InChI is InChI=1S/C19H23BrN2O5S/c1-15(23)26-12-11-22(10-9-16-3-2-4-18(20)13-16)28(24,25)27-19-7-5-17(14-21)6-8-19/h2-8,13H,9-12,14,21H2,1H3. The van der Waals surface area contributed by atoms with Crippen molar-refractivity contribution in [3.63, 3.8) is 0 Å². The maximum absolute atomic E-state index is 12.7. The molecule has 0 aliphatic rings. The number of hydrogen-bond acceptors (Lipinski definition) is 6. The van der Waals surface area contributed by atoms with Gasteiger partial charge in [0.25, 0.3) is 0 Å². The van der Waals surface area contributed by atoms with E-state index < -0.39 is 16.3 Å². The summed E-state index contributed by atoms with van der Waals surface area (Å²) in [6.07, 6.45) is 0.480. The summed E-state index contributed by atoms with van der Waals surface area (Å²) >= 11 is 3.40. The first-order valence-electron chi connectivity index (χ1n) is 8.66. The Balaban J connectivity index is 2.11. The van der Waals surface area contributed by atoms with E-state index in [9.17, 15) is 13.2 Å². The molecular formula is C19H23BrN2O5S. The van der Waals surface area contributed by atoms with Crippen LogP contribution in [0.3, 0.4) is 0 Å². The van der Waals surface area contributed by atoms with Crippen molar-refractivity contribution in [1.29, 1.82) is 0 Å². The molecular weight excluding hydrogens is 448 g/mol. The molecule has 2 aromatic carbocycles. The molecule has 0 bridgehead atoms. The first kappa shape index (κ1) is 22.4. The normalized spacial score (nSPS) is 11.4. The molecule has 0 aliphatic heterocycles. The minimum absolute atomic E-state index is 0.00317. The van der Waals surface area contributed by atoms with Crippen LogP contribution in [-0.2, 0) is 32.8 Å². The Hall–Kier alpha value is -1.94. The van der Waals surface area contributed by atoms with Crippen LogP contribution in [0.1, 0.15) is 18.1 Å².